The fourth-order valence-electron chi connectivity index (χ4n) is 1.18. The van der Waals surface area contributed by atoms with Gasteiger partial charge in [0.1, 0.15) is 0 Å². The van der Waals surface area contributed by atoms with E-state index in [4.69, 9.17) is 14.0 Å². The van der Waals surface area contributed by atoms with Gasteiger partial charge in [0.25, 0.3) is 17.9 Å². The van der Waals surface area contributed by atoms with Crippen molar-refractivity contribution in [3.05, 3.63) is 0 Å². The zero-order chi connectivity index (χ0) is 14.7. The van der Waals surface area contributed by atoms with Crippen LogP contribution in [0.2, 0.25) is 0 Å². The quantitative estimate of drug-likeness (QED) is 0.597. The fourth-order valence-corrected chi connectivity index (χ4v) is 1.18. The molecule has 0 bridgehead atoms. The van der Waals surface area contributed by atoms with Crippen LogP contribution < -0.4 is 0 Å². The molecule has 0 radical (unpaired) electrons. The Bertz CT molecular complexity index is 257. The molecule has 0 aromatic rings. The van der Waals surface area contributed by atoms with Gasteiger partial charge in [0.15, 0.2) is 0 Å². The molecule has 0 aliphatic carbocycles. The molecule has 19 heavy (non-hydrogen) atoms. The summed E-state index contributed by atoms with van der Waals surface area (Å²) in [6.07, 6.45) is 2.31. The highest BCUT2D eigenvalue weighted by Gasteiger charge is 2.35. The molecule has 7 heteroatoms. The Morgan fingerprint density at radius 2 is 0.947 bits per heavy atom. The van der Waals surface area contributed by atoms with E-state index in [2.05, 4.69) is 0 Å². The van der Waals surface area contributed by atoms with Gasteiger partial charge in [-0.25, -0.2) is 0 Å². The predicted molar refractivity (Wildman–Crippen MR) is 68.8 cm³/mol. The minimum atomic E-state index is -1.57. The minimum Gasteiger partial charge on any atom is -0.462 e. The second-order valence-electron chi connectivity index (χ2n) is 4.01. The van der Waals surface area contributed by atoms with Crippen molar-refractivity contribution in [3.8, 4) is 0 Å². The number of rotatable bonds is 9. The topological polar surface area (TPSA) is 78.9 Å². The maximum Gasteiger partial charge on any atom is 0.870 e. The predicted octanol–water partition coefficient (Wildman–Crippen LogP) is 2.00. The first-order valence-corrected chi connectivity index (χ1v) is 6.61. The van der Waals surface area contributed by atoms with Crippen LogP contribution in [0.15, 0.2) is 0 Å². The standard InChI is InChI=1S/C12H21BO6/c1-4-7-10(14)17-13(18-11(15)8-5-2)19-12(16)9-6-3/h4-9H2,1-3H3. The maximum atomic E-state index is 11.3. The van der Waals surface area contributed by atoms with E-state index < -0.39 is 25.2 Å². The summed E-state index contributed by atoms with van der Waals surface area (Å²) in [4.78, 5) is 34.0. The molecule has 0 aromatic carbocycles. The van der Waals surface area contributed by atoms with Gasteiger partial charge in [-0.15, -0.1) is 0 Å². The van der Waals surface area contributed by atoms with Gasteiger partial charge in [0.2, 0.25) is 0 Å². The lowest BCUT2D eigenvalue weighted by atomic mass is 10.2. The first-order chi connectivity index (χ1) is 9.03. The lowest BCUT2D eigenvalue weighted by molar-refractivity contribution is -0.147. The van der Waals surface area contributed by atoms with Crippen LogP contribution in [0.3, 0.4) is 0 Å². The molecule has 0 atom stereocenters. The molecular formula is C12H21BO6. The largest absolute Gasteiger partial charge is 0.870 e. The number of hydrogen-bond donors (Lipinski definition) is 0. The smallest absolute Gasteiger partial charge is 0.462 e. The molecule has 0 unspecified atom stereocenters. The Morgan fingerprint density at radius 1 is 0.684 bits per heavy atom. The van der Waals surface area contributed by atoms with Crippen molar-refractivity contribution in [3.63, 3.8) is 0 Å². The second kappa shape index (κ2) is 10.4. The van der Waals surface area contributed by atoms with Gasteiger partial charge < -0.3 is 14.0 Å². The summed E-state index contributed by atoms with van der Waals surface area (Å²) in [5, 5.41) is 0. The number of hydrogen-bond acceptors (Lipinski definition) is 6. The highest BCUT2D eigenvalue weighted by Crippen LogP contribution is 2.03. The molecule has 0 heterocycles. The molecule has 0 rings (SSSR count). The van der Waals surface area contributed by atoms with Gasteiger partial charge in [-0.3, -0.25) is 14.4 Å². The van der Waals surface area contributed by atoms with E-state index in [-0.39, 0.29) is 19.3 Å². The van der Waals surface area contributed by atoms with Crippen LogP contribution in [0.5, 0.6) is 0 Å². The Labute approximate surface area is 114 Å². The first-order valence-electron chi connectivity index (χ1n) is 6.61. The highest BCUT2D eigenvalue weighted by molar-refractivity contribution is 6.44. The van der Waals surface area contributed by atoms with Crippen LogP contribution >= 0.6 is 0 Å². The lowest BCUT2D eigenvalue weighted by Gasteiger charge is -2.13. The Hall–Kier alpha value is -1.53. The highest BCUT2D eigenvalue weighted by atomic mass is 16.8. The van der Waals surface area contributed by atoms with Gasteiger partial charge in [0.05, 0.1) is 0 Å². The molecule has 0 aliphatic heterocycles. The zero-order valence-electron chi connectivity index (χ0n) is 11.8. The monoisotopic (exact) mass is 272 g/mol. The summed E-state index contributed by atoms with van der Waals surface area (Å²) in [7, 11) is -1.57. The molecule has 0 aromatic heterocycles. The van der Waals surface area contributed by atoms with Crippen LogP contribution in [0, 0.1) is 0 Å². The number of carbonyl (C=O) groups is 3. The second-order valence-corrected chi connectivity index (χ2v) is 4.01. The summed E-state index contributed by atoms with van der Waals surface area (Å²) in [5.41, 5.74) is 0. The van der Waals surface area contributed by atoms with Crippen LogP contribution in [0.1, 0.15) is 59.3 Å². The molecule has 0 spiro atoms. The molecule has 0 aliphatic rings. The van der Waals surface area contributed by atoms with Crippen LogP contribution in [0.25, 0.3) is 0 Å². The number of carbonyl (C=O) groups excluding carboxylic acids is 3. The van der Waals surface area contributed by atoms with Crippen molar-refractivity contribution in [1.29, 1.82) is 0 Å². The Kier molecular flexibility index (Phi) is 9.57. The molecule has 0 amide bonds. The van der Waals surface area contributed by atoms with E-state index >= 15 is 0 Å². The molecule has 108 valence electrons. The molecule has 0 saturated carbocycles. The summed E-state index contributed by atoms with van der Waals surface area (Å²) >= 11 is 0. The van der Waals surface area contributed by atoms with Crippen molar-refractivity contribution < 1.29 is 28.3 Å². The van der Waals surface area contributed by atoms with Crippen molar-refractivity contribution >= 4 is 25.2 Å². The van der Waals surface area contributed by atoms with Crippen LogP contribution in [0.4, 0.5) is 0 Å². The van der Waals surface area contributed by atoms with Gasteiger partial charge in [0, 0.05) is 19.3 Å². The third-order valence-electron chi connectivity index (χ3n) is 2.05. The normalized spacial score (nSPS) is 9.63. The summed E-state index contributed by atoms with van der Waals surface area (Å²) in [6.45, 7) is 5.42. The van der Waals surface area contributed by atoms with Crippen LogP contribution in [-0.4, -0.2) is 25.2 Å². The molecular weight excluding hydrogens is 251 g/mol. The molecule has 0 fully saturated rings. The molecule has 0 N–H and O–H groups in total. The van der Waals surface area contributed by atoms with E-state index in [9.17, 15) is 14.4 Å². The Morgan fingerprint density at radius 3 is 1.16 bits per heavy atom. The third kappa shape index (κ3) is 9.10. The van der Waals surface area contributed by atoms with E-state index in [1.54, 1.807) is 0 Å². The first kappa shape index (κ1) is 17.5. The van der Waals surface area contributed by atoms with Gasteiger partial charge >= 0.3 is 7.32 Å². The van der Waals surface area contributed by atoms with Crippen molar-refractivity contribution in [2.45, 2.75) is 59.3 Å². The average Bonchev–Trinajstić information content (AvgIpc) is 2.29. The fraction of sp³-hybridized carbons (Fsp3) is 0.750. The van der Waals surface area contributed by atoms with Crippen molar-refractivity contribution in [2.24, 2.45) is 0 Å². The zero-order valence-corrected chi connectivity index (χ0v) is 11.8. The lowest BCUT2D eigenvalue weighted by Crippen LogP contribution is -2.34. The summed E-state index contributed by atoms with van der Waals surface area (Å²) in [5.74, 6) is -1.71. The maximum absolute atomic E-state index is 11.3. The van der Waals surface area contributed by atoms with E-state index in [0.717, 1.165) is 0 Å². The van der Waals surface area contributed by atoms with E-state index in [0.29, 0.717) is 19.3 Å². The van der Waals surface area contributed by atoms with Gasteiger partial charge in [-0.2, -0.15) is 0 Å². The summed E-state index contributed by atoms with van der Waals surface area (Å²) < 4.78 is 14.4. The average molecular weight is 272 g/mol. The van der Waals surface area contributed by atoms with E-state index in [1.807, 2.05) is 20.8 Å². The SMILES string of the molecule is CCCC(=O)OB(OC(=O)CCC)OC(=O)CCC. The Balaban J connectivity index is 4.40. The minimum absolute atomic E-state index is 0.174. The van der Waals surface area contributed by atoms with Crippen molar-refractivity contribution in [2.75, 3.05) is 0 Å². The van der Waals surface area contributed by atoms with Gasteiger partial charge in [-0.05, 0) is 19.3 Å². The van der Waals surface area contributed by atoms with Crippen molar-refractivity contribution in [1.82, 2.24) is 0 Å². The van der Waals surface area contributed by atoms with E-state index in [1.165, 1.54) is 0 Å². The molecule has 6 nitrogen and oxygen atoms in total. The molecule has 0 saturated heterocycles. The summed E-state index contributed by atoms with van der Waals surface area (Å²) in [6, 6.07) is 0. The van der Waals surface area contributed by atoms with Gasteiger partial charge in [-0.1, -0.05) is 20.8 Å². The third-order valence-corrected chi connectivity index (χ3v) is 2.05. The van der Waals surface area contributed by atoms with Crippen LogP contribution in [-0.2, 0) is 28.3 Å².